The summed E-state index contributed by atoms with van der Waals surface area (Å²) in [4.78, 5) is 21.4. The van der Waals surface area contributed by atoms with E-state index in [4.69, 9.17) is 16.3 Å². The van der Waals surface area contributed by atoms with Gasteiger partial charge in [-0.1, -0.05) is 21.3 Å². The summed E-state index contributed by atoms with van der Waals surface area (Å²) in [5.74, 6) is 0. The first-order valence-corrected chi connectivity index (χ1v) is 13.2. The van der Waals surface area contributed by atoms with E-state index < -0.39 is 5.43 Å². The van der Waals surface area contributed by atoms with E-state index in [2.05, 4.69) is 25.7 Å². The fraction of sp³-hybridized carbons (Fsp3) is 0.846. The number of hydrogen-bond donors (Lipinski definition) is 1. The molecule has 1 amide bonds. The summed E-state index contributed by atoms with van der Waals surface area (Å²) in [6.07, 6.45) is 8.75. The lowest BCUT2D eigenvalue weighted by Crippen LogP contribution is -2.29. The minimum Gasteiger partial charge on any atom is -0.450 e. The lowest BCUT2D eigenvalue weighted by molar-refractivity contribution is 0.0566. The number of hydrogen-bond acceptors (Lipinski definition) is 4. The highest BCUT2D eigenvalue weighted by molar-refractivity contribution is 8.44. The van der Waals surface area contributed by atoms with Crippen LogP contribution in [0.15, 0.2) is 0 Å². The minimum absolute atomic E-state index is 0.125. The van der Waals surface area contributed by atoms with Crippen LogP contribution in [0, 0.1) is 0 Å². The number of ether oxygens (including phenoxy) is 2. The molecule has 0 aliphatic heterocycles. The number of nitrogens with one attached hydrogen (secondary N) is 1. The summed E-state index contributed by atoms with van der Waals surface area (Å²) in [6, 6.07) is 0. The van der Waals surface area contributed by atoms with Crippen LogP contribution in [0.1, 0.15) is 51.9 Å². The standard InChI is InChI=1S/C8H18NO2P3.C5H7ClO2/c1-2-6-14(13-12)9-8(10)11-7-4-3-5-7;6-5(7)8-4-2-1-3-4/h7,13H,2-6,12H2,1H3,(H,9,10);4H,1-3H2. The van der Waals surface area contributed by atoms with Crippen molar-refractivity contribution >= 4 is 47.8 Å². The molecular weight excluding hydrogens is 363 g/mol. The predicted molar refractivity (Wildman–Crippen MR) is 97.3 cm³/mol. The van der Waals surface area contributed by atoms with E-state index in [-0.39, 0.29) is 26.1 Å². The highest BCUT2D eigenvalue weighted by atomic mass is 35.5. The van der Waals surface area contributed by atoms with Gasteiger partial charge in [0.25, 0.3) is 0 Å². The Balaban J connectivity index is 0.000000255. The first kappa shape index (κ1) is 20.4. The molecule has 1 N–H and O–H groups in total. The van der Waals surface area contributed by atoms with Crippen molar-refractivity contribution in [3.63, 3.8) is 0 Å². The fourth-order valence-corrected chi connectivity index (χ4v) is 6.19. The van der Waals surface area contributed by atoms with Gasteiger partial charge in [-0.15, -0.1) is 8.93 Å². The highest BCUT2D eigenvalue weighted by Crippen LogP contribution is 2.56. The van der Waals surface area contributed by atoms with Crippen molar-refractivity contribution in [3.05, 3.63) is 0 Å². The smallest absolute Gasteiger partial charge is 0.410 e. The van der Waals surface area contributed by atoms with Crippen LogP contribution in [0.4, 0.5) is 9.59 Å². The van der Waals surface area contributed by atoms with Crippen LogP contribution in [0.3, 0.4) is 0 Å². The maximum atomic E-state index is 11.4. The Kier molecular flexibility index (Phi) is 10.9. The van der Waals surface area contributed by atoms with Crippen LogP contribution < -0.4 is 5.09 Å². The largest absolute Gasteiger partial charge is 0.450 e. The van der Waals surface area contributed by atoms with Crippen LogP contribution in [0.25, 0.3) is 0 Å². The van der Waals surface area contributed by atoms with Crippen LogP contribution in [0.2, 0.25) is 0 Å². The molecule has 0 radical (unpaired) electrons. The minimum atomic E-state index is -0.672. The maximum Gasteiger partial charge on any atom is 0.410 e. The molecule has 22 heavy (non-hydrogen) atoms. The van der Waals surface area contributed by atoms with Gasteiger partial charge in [0.1, 0.15) is 12.2 Å². The van der Waals surface area contributed by atoms with E-state index in [1.807, 2.05) is 0 Å². The lowest BCUT2D eigenvalue weighted by atomic mass is 9.96. The highest BCUT2D eigenvalue weighted by Gasteiger charge is 2.22. The fourth-order valence-electron chi connectivity index (χ4n) is 1.77. The van der Waals surface area contributed by atoms with E-state index >= 15 is 0 Å². The van der Waals surface area contributed by atoms with Crippen molar-refractivity contribution in [1.29, 1.82) is 0 Å². The summed E-state index contributed by atoms with van der Waals surface area (Å²) in [7, 11) is 3.11. The molecule has 0 aromatic heterocycles. The zero-order valence-corrected chi connectivity index (χ0v) is 16.7. The molecule has 2 saturated carbocycles. The quantitative estimate of drug-likeness (QED) is 0.491. The Hall–Kier alpha value is 0.320. The van der Waals surface area contributed by atoms with E-state index in [9.17, 15) is 9.59 Å². The molecule has 3 atom stereocenters. The zero-order chi connectivity index (χ0) is 16.4. The average Bonchev–Trinajstić information content (AvgIpc) is 2.38. The predicted octanol–water partition coefficient (Wildman–Crippen LogP) is 5.37. The lowest BCUT2D eigenvalue weighted by Gasteiger charge is -2.26. The van der Waals surface area contributed by atoms with Gasteiger partial charge in [-0.3, -0.25) is 5.09 Å². The SMILES string of the molecule is CCCP(NC(=O)OC1CCC1)PP.O=C(Cl)OC1CCC1. The Morgan fingerprint density at radius 1 is 1.23 bits per heavy atom. The second-order valence-corrected chi connectivity index (χ2v) is 12.1. The second-order valence-electron chi connectivity index (χ2n) is 5.26. The summed E-state index contributed by atoms with van der Waals surface area (Å²) in [5, 5.41) is 2.96. The van der Waals surface area contributed by atoms with Crippen LogP contribution in [-0.4, -0.2) is 29.9 Å². The summed E-state index contributed by atoms with van der Waals surface area (Å²) >= 11 is 4.92. The molecule has 9 heteroatoms. The number of amides is 1. The first-order valence-electron chi connectivity index (χ1n) is 7.62. The molecule has 2 aliphatic rings. The number of rotatable bonds is 6. The van der Waals surface area contributed by atoms with Gasteiger partial charge < -0.3 is 9.47 Å². The van der Waals surface area contributed by atoms with Gasteiger partial charge in [0.05, 0.1) is 0 Å². The molecule has 2 rings (SSSR count). The number of carbonyl (C=O) groups is 2. The van der Waals surface area contributed by atoms with Gasteiger partial charge in [0, 0.05) is 19.4 Å². The van der Waals surface area contributed by atoms with Crippen molar-refractivity contribution in [2.24, 2.45) is 0 Å². The molecule has 5 nitrogen and oxygen atoms in total. The summed E-state index contributed by atoms with van der Waals surface area (Å²) in [6.45, 7) is 2.14. The van der Waals surface area contributed by atoms with Crippen molar-refractivity contribution in [2.75, 3.05) is 6.16 Å². The molecule has 0 saturated heterocycles. The first-order chi connectivity index (χ1) is 10.5. The number of carbonyl (C=O) groups excluding carboxylic acids is 2. The maximum absolute atomic E-state index is 11.4. The van der Waals surface area contributed by atoms with E-state index in [0.717, 1.165) is 52.6 Å². The van der Waals surface area contributed by atoms with Crippen molar-refractivity contribution in [2.45, 2.75) is 64.1 Å². The van der Waals surface area contributed by atoms with Gasteiger partial charge in [0.15, 0.2) is 0 Å². The molecule has 2 fully saturated rings. The van der Waals surface area contributed by atoms with Gasteiger partial charge in [-0.2, -0.15) is 0 Å². The van der Waals surface area contributed by atoms with E-state index in [1.165, 1.54) is 6.42 Å². The molecule has 0 aromatic carbocycles. The third-order valence-corrected chi connectivity index (χ3v) is 9.96. The van der Waals surface area contributed by atoms with Gasteiger partial charge >= 0.3 is 11.5 Å². The monoisotopic (exact) mass is 387 g/mol. The third kappa shape index (κ3) is 8.82. The number of halogens is 1. The molecule has 0 aromatic rings. The van der Waals surface area contributed by atoms with Crippen molar-refractivity contribution < 1.29 is 19.1 Å². The van der Waals surface area contributed by atoms with Crippen LogP contribution in [0.5, 0.6) is 0 Å². The summed E-state index contributed by atoms with van der Waals surface area (Å²) < 4.78 is 9.84. The second kappa shape index (κ2) is 11.8. The Labute approximate surface area is 142 Å². The van der Waals surface area contributed by atoms with Crippen molar-refractivity contribution in [3.8, 4) is 0 Å². The molecule has 128 valence electrons. The van der Waals surface area contributed by atoms with Gasteiger partial charge in [-0.05, 0) is 44.7 Å². The summed E-state index contributed by atoms with van der Waals surface area (Å²) in [5.41, 5.74) is -0.672. The Morgan fingerprint density at radius 3 is 2.09 bits per heavy atom. The van der Waals surface area contributed by atoms with Gasteiger partial charge in [0.2, 0.25) is 0 Å². The Bertz CT molecular complexity index is 354. The van der Waals surface area contributed by atoms with Crippen LogP contribution >= 0.6 is 36.2 Å². The van der Waals surface area contributed by atoms with E-state index in [1.54, 1.807) is 0 Å². The zero-order valence-electron chi connectivity index (χ0n) is 12.8. The topological polar surface area (TPSA) is 64.6 Å². The van der Waals surface area contributed by atoms with Crippen LogP contribution in [-0.2, 0) is 9.47 Å². The van der Waals surface area contributed by atoms with E-state index in [0.29, 0.717) is 0 Å². The average molecular weight is 388 g/mol. The third-order valence-electron chi connectivity index (χ3n) is 3.47. The van der Waals surface area contributed by atoms with Gasteiger partial charge in [-0.25, -0.2) is 9.59 Å². The molecular formula is C13H25ClNO4P3. The Morgan fingerprint density at radius 2 is 1.77 bits per heavy atom. The van der Waals surface area contributed by atoms with Crippen molar-refractivity contribution in [1.82, 2.24) is 5.09 Å². The normalized spacial score (nSPS) is 19.4. The molecule has 3 unspecified atom stereocenters. The molecule has 0 heterocycles. The molecule has 0 spiro atoms. The molecule has 0 bridgehead atoms. The molecule has 2 aliphatic carbocycles.